The molecule has 1 aromatic rings. The lowest BCUT2D eigenvalue weighted by molar-refractivity contribution is 0.281. The molecule has 0 heterocycles. The van der Waals surface area contributed by atoms with Crippen molar-refractivity contribution in [3.63, 3.8) is 0 Å². The van der Waals surface area contributed by atoms with Gasteiger partial charge in [-0.3, -0.25) is 0 Å². The second kappa shape index (κ2) is 5.40. The number of aliphatic hydroxyl groups excluding tert-OH is 1. The van der Waals surface area contributed by atoms with Gasteiger partial charge in [0.05, 0.1) is 6.61 Å². The molecule has 0 atom stereocenters. The summed E-state index contributed by atoms with van der Waals surface area (Å²) in [4.78, 5) is 0. The van der Waals surface area contributed by atoms with Crippen molar-refractivity contribution in [1.29, 1.82) is 0 Å². The van der Waals surface area contributed by atoms with E-state index in [2.05, 4.69) is 28.9 Å². The molecule has 1 aromatic carbocycles. The van der Waals surface area contributed by atoms with Crippen molar-refractivity contribution < 1.29 is 5.11 Å². The van der Waals surface area contributed by atoms with Crippen LogP contribution < -0.4 is 0 Å². The Labute approximate surface area is 87.9 Å². The summed E-state index contributed by atoms with van der Waals surface area (Å²) in [5.41, 5.74) is 3.64. The van der Waals surface area contributed by atoms with Gasteiger partial charge in [-0.15, -0.1) is 0 Å². The fraction of sp³-hybridized carbons (Fsp3) is 0.455. The Kier molecular flexibility index (Phi) is 4.46. The average Bonchev–Trinajstić information content (AvgIpc) is 2.16. The summed E-state index contributed by atoms with van der Waals surface area (Å²) in [5, 5.41) is 10.1. The molecule has 0 aliphatic carbocycles. The largest absolute Gasteiger partial charge is 0.392 e. The van der Waals surface area contributed by atoms with Crippen LogP contribution in [0.5, 0.6) is 0 Å². The normalized spacial score (nSPS) is 10.4. The maximum atomic E-state index is 9.06. The van der Waals surface area contributed by atoms with Crippen molar-refractivity contribution in [3.05, 3.63) is 34.9 Å². The summed E-state index contributed by atoms with van der Waals surface area (Å²) in [5.74, 6) is 0. The second-order valence-corrected chi connectivity index (χ2v) is 3.94. The van der Waals surface area contributed by atoms with Crippen LogP contribution >= 0.6 is 15.9 Å². The standard InChI is InChI=1S/C11H15BrO/c1-9-10(6-3-7-12)4-2-5-11(9)8-13/h2,4-5,13H,3,6-8H2,1H3. The first-order chi connectivity index (χ1) is 6.29. The predicted molar refractivity (Wildman–Crippen MR) is 59.2 cm³/mol. The van der Waals surface area contributed by atoms with E-state index in [0.29, 0.717) is 0 Å². The van der Waals surface area contributed by atoms with Crippen molar-refractivity contribution in [2.75, 3.05) is 5.33 Å². The van der Waals surface area contributed by atoms with E-state index in [0.717, 1.165) is 23.7 Å². The third kappa shape index (κ3) is 2.82. The summed E-state index contributed by atoms with van der Waals surface area (Å²) in [7, 11) is 0. The van der Waals surface area contributed by atoms with E-state index in [1.807, 2.05) is 12.1 Å². The topological polar surface area (TPSA) is 20.2 Å². The number of aliphatic hydroxyl groups is 1. The maximum absolute atomic E-state index is 9.06. The third-order valence-electron chi connectivity index (χ3n) is 2.31. The van der Waals surface area contributed by atoms with Crippen LogP contribution in [-0.2, 0) is 13.0 Å². The first-order valence-corrected chi connectivity index (χ1v) is 5.66. The molecule has 1 N–H and O–H groups in total. The van der Waals surface area contributed by atoms with Crippen LogP contribution in [-0.4, -0.2) is 10.4 Å². The number of rotatable bonds is 4. The van der Waals surface area contributed by atoms with Gasteiger partial charge in [-0.25, -0.2) is 0 Å². The molecule has 0 unspecified atom stereocenters. The Bertz CT molecular complexity index is 271. The van der Waals surface area contributed by atoms with E-state index in [-0.39, 0.29) is 6.61 Å². The molecule has 1 nitrogen and oxygen atoms in total. The molecule has 0 amide bonds. The molecule has 0 aromatic heterocycles. The molecule has 0 aliphatic heterocycles. The third-order valence-corrected chi connectivity index (χ3v) is 2.87. The van der Waals surface area contributed by atoms with Gasteiger partial charge in [0.2, 0.25) is 0 Å². The van der Waals surface area contributed by atoms with E-state index in [1.165, 1.54) is 11.1 Å². The molecule has 0 radical (unpaired) electrons. The van der Waals surface area contributed by atoms with Gasteiger partial charge in [-0.2, -0.15) is 0 Å². The van der Waals surface area contributed by atoms with E-state index in [9.17, 15) is 0 Å². The number of hydrogen-bond donors (Lipinski definition) is 1. The molecule has 0 saturated heterocycles. The number of hydrogen-bond acceptors (Lipinski definition) is 1. The van der Waals surface area contributed by atoms with Crippen LogP contribution in [0.3, 0.4) is 0 Å². The lowest BCUT2D eigenvalue weighted by Crippen LogP contribution is -1.95. The van der Waals surface area contributed by atoms with Crippen molar-refractivity contribution in [2.45, 2.75) is 26.4 Å². The van der Waals surface area contributed by atoms with Crippen molar-refractivity contribution in [1.82, 2.24) is 0 Å². The van der Waals surface area contributed by atoms with Crippen LogP contribution in [0.15, 0.2) is 18.2 Å². The highest BCUT2D eigenvalue weighted by molar-refractivity contribution is 9.09. The summed E-state index contributed by atoms with van der Waals surface area (Å²) < 4.78 is 0. The van der Waals surface area contributed by atoms with Gasteiger partial charge in [0.1, 0.15) is 0 Å². The molecule has 13 heavy (non-hydrogen) atoms. The number of alkyl halides is 1. The molecule has 0 bridgehead atoms. The van der Waals surface area contributed by atoms with Crippen LogP contribution in [0.4, 0.5) is 0 Å². The molecule has 0 aliphatic rings. The van der Waals surface area contributed by atoms with Crippen LogP contribution in [0.2, 0.25) is 0 Å². The van der Waals surface area contributed by atoms with Crippen molar-refractivity contribution >= 4 is 15.9 Å². The van der Waals surface area contributed by atoms with Crippen molar-refractivity contribution in [2.24, 2.45) is 0 Å². The fourth-order valence-electron chi connectivity index (χ4n) is 1.44. The van der Waals surface area contributed by atoms with E-state index < -0.39 is 0 Å². The van der Waals surface area contributed by atoms with E-state index >= 15 is 0 Å². The summed E-state index contributed by atoms with van der Waals surface area (Å²) in [6, 6.07) is 6.13. The first-order valence-electron chi connectivity index (χ1n) is 4.53. The Morgan fingerprint density at radius 1 is 1.31 bits per heavy atom. The Morgan fingerprint density at radius 2 is 2.00 bits per heavy atom. The van der Waals surface area contributed by atoms with Gasteiger partial charge in [-0.05, 0) is 36.5 Å². The van der Waals surface area contributed by atoms with Crippen LogP contribution in [0.25, 0.3) is 0 Å². The zero-order chi connectivity index (χ0) is 9.68. The molecule has 0 fully saturated rings. The zero-order valence-electron chi connectivity index (χ0n) is 7.89. The Balaban J connectivity index is 2.81. The summed E-state index contributed by atoms with van der Waals surface area (Å²) in [6.45, 7) is 2.23. The lowest BCUT2D eigenvalue weighted by Gasteiger charge is -2.08. The van der Waals surface area contributed by atoms with Gasteiger partial charge in [0.25, 0.3) is 0 Å². The quantitative estimate of drug-likeness (QED) is 0.806. The van der Waals surface area contributed by atoms with Gasteiger partial charge in [-0.1, -0.05) is 34.1 Å². The van der Waals surface area contributed by atoms with Crippen molar-refractivity contribution in [3.8, 4) is 0 Å². The fourth-order valence-corrected chi connectivity index (χ4v) is 1.72. The average molecular weight is 243 g/mol. The minimum absolute atomic E-state index is 0.147. The minimum Gasteiger partial charge on any atom is -0.392 e. The molecular formula is C11H15BrO. The first kappa shape index (κ1) is 10.7. The highest BCUT2D eigenvalue weighted by atomic mass is 79.9. The minimum atomic E-state index is 0.147. The molecule has 0 saturated carbocycles. The SMILES string of the molecule is Cc1c(CO)cccc1CCCBr. The Morgan fingerprint density at radius 3 is 2.62 bits per heavy atom. The van der Waals surface area contributed by atoms with E-state index in [4.69, 9.17) is 5.11 Å². The van der Waals surface area contributed by atoms with Crippen LogP contribution in [0, 0.1) is 6.92 Å². The molecule has 2 heteroatoms. The molecule has 72 valence electrons. The maximum Gasteiger partial charge on any atom is 0.0684 e. The van der Waals surface area contributed by atoms with E-state index in [1.54, 1.807) is 0 Å². The summed E-state index contributed by atoms with van der Waals surface area (Å²) in [6.07, 6.45) is 2.24. The van der Waals surface area contributed by atoms with Gasteiger partial charge in [0.15, 0.2) is 0 Å². The monoisotopic (exact) mass is 242 g/mol. The predicted octanol–water partition coefficient (Wildman–Crippen LogP) is 2.81. The molecule has 1 rings (SSSR count). The molecule has 0 spiro atoms. The number of benzene rings is 1. The smallest absolute Gasteiger partial charge is 0.0684 e. The van der Waals surface area contributed by atoms with Gasteiger partial charge < -0.3 is 5.11 Å². The molecular weight excluding hydrogens is 228 g/mol. The highest BCUT2D eigenvalue weighted by Crippen LogP contribution is 2.15. The second-order valence-electron chi connectivity index (χ2n) is 3.15. The highest BCUT2D eigenvalue weighted by Gasteiger charge is 2.01. The number of aryl methyl sites for hydroxylation is 1. The van der Waals surface area contributed by atoms with Gasteiger partial charge in [0, 0.05) is 5.33 Å². The lowest BCUT2D eigenvalue weighted by atomic mass is 10.00. The van der Waals surface area contributed by atoms with Crippen LogP contribution in [0.1, 0.15) is 23.1 Å². The number of halogens is 1. The zero-order valence-corrected chi connectivity index (χ0v) is 9.47. The summed E-state index contributed by atoms with van der Waals surface area (Å²) >= 11 is 3.42. The van der Waals surface area contributed by atoms with Gasteiger partial charge >= 0.3 is 0 Å². The Hall–Kier alpha value is -0.340.